The second-order valence-electron chi connectivity index (χ2n) is 5.24. The lowest BCUT2D eigenvalue weighted by molar-refractivity contribution is -0.0999. The quantitative estimate of drug-likeness (QED) is 0.424. The second kappa shape index (κ2) is 7.24. The molecule has 23 heavy (non-hydrogen) atoms. The maximum Gasteiger partial charge on any atom is 0.338 e. The van der Waals surface area contributed by atoms with E-state index in [4.69, 9.17) is 14.6 Å². The Labute approximate surface area is 133 Å². The van der Waals surface area contributed by atoms with Crippen LogP contribution in [0.3, 0.4) is 0 Å². The average Bonchev–Trinajstić information content (AvgIpc) is 2.81. The van der Waals surface area contributed by atoms with Gasteiger partial charge in [-0.25, -0.2) is 4.79 Å². The van der Waals surface area contributed by atoms with Gasteiger partial charge in [0.05, 0.1) is 25.4 Å². The molecule has 1 saturated heterocycles. The SMILES string of the molecule is CCOC(=O)c1ccc(NC2(CO)OC(CO)C(O)C2O)cc1. The number of carbonyl (C=O) groups is 1. The molecule has 1 aromatic rings. The van der Waals surface area contributed by atoms with Gasteiger partial charge in [0.2, 0.25) is 0 Å². The van der Waals surface area contributed by atoms with E-state index in [1.165, 1.54) is 12.1 Å². The Balaban J connectivity index is 2.15. The molecule has 1 aromatic carbocycles. The van der Waals surface area contributed by atoms with Crippen molar-refractivity contribution in [2.24, 2.45) is 0 Å². The van der Waals surface area contributed by atoms with Crippen LogP contribution in [0, 0.1) is 0 Å². The number of aliphatic hydroxyl groups excluding tert-OH is 4. The number of hydrogen-bond donors (Lipinski definition) is 5. The normalized spacial score (nSPS) is 30.2. The zero-order chi connectivity index (χ0) is 17.0. The molecule has 1 aliphatic heterocycles. The van der Waals surface area contributed by atoms with Crippen molar-refractivity contribution in [2.75, 3.05) is 25.1 Å². The number of rotatable bonds is 6. The molecular weight excluding hydrogens is 306 g/mol. The molecule has 0 amide bonds. The summed E-state index contributed by atoms with van der Waals surface area (Å²) < 4.78 is 10.3. The molecule has 2 rings (SSSR count). The average molecular weight is 327 g/mol. The van der Waals surface area contributed by atoms with Crippen molar-refractivity contribution in [3.8, 4) is 0 Å². The molecule has 1 heterocycles. The number of benzene rings is 1. The highest BCUT2D eigenvalue weighted by Crippen LogP contribution is 2.32. The number of anilines is 1. The second-order valence-corrected chi connectivity index (χ2v) is 5.24. The van der Waals surface area contributed by atoms with Gasteiger partial charge in [0.25, 0.3) is 0 Å². The Morgan fingerprint density at radius 1 is 1.30 bits per heavy atom. The van der Waals surface area contributed by atoms with Gasteiger partial charge in [0, 0.05) is 5.69 Å². The van der Waals surface area contributed by atoms with E-state index in [1.54, 1.807) is 19.1 Å². The molecule has 8 heteroatoms. The van der Waals surface area contributed by atoms with Crippen molar-refractivity contribution in [3.05, 3.63) is 29.8 Å². The summed E-state index contributed by atoms with van der Waals surface area (Å²) in [6.45, 7) is 0.859. The summed E-state index contributed by atoms with van der Waals surface area (Å²) in [6.07, 6.45) is -3.78. The third-order valence-electron chi connectivity index (χ3n) is 3.71. The summed E-state index contributed by atoms with van der Waals surface area (Å²) in [7, 11) is 0. The van der Waals surface area contributed by atoms with E-state index >= 15 is 0 Å². The lowest BCUT2D eigenvalue weighted by atomic mass is 10.0. The molecule has 0 spiro atoms. The lowest BCUT2D eigenvalue weighted by Gasteiger charge is -2.32. The maximum absolute atomic E-state index is 11.6. The fraction of sp³-hybridized carbons (Fsp3) is 0.533. The third kappa shape index (κ3) is 3.46. The molecule has 0 radical (unpaired) electrons. The summed E-state index contributed by atoms with van der Waals surface area (Å²) in [6, 6.07) is 6.15. The zero-order valence-corrected chi connectivity index (χ0v) is 12.7. The standard InChI is InChI=1S/C15H21NO7/c1-2-22-14(21)9-3-5-10(6-4-9)16-15(8-18)13(20)12(19)11(7-17)23-15/h3-6,11-13,16-20H,2,7-8H2,1H3. The minimum atomic E-state index is -1.64. The van der Waals surface area contributed by atoms with E-state index in [-0.39, 0.29) is 6.61 Å². The van der Waals surface area contributed by atoms with Gasteiger partial charge in [0.15, 0.2) is 5.72 Å². The fourth-order valence-corrected chi connectivity index (χ4v) is 2.46. The van der Waals surface area contributed by atoms with Gasteiger partial charge in [-0.3, -0.25) is 0 Å². The van der Waals surface area contributed by atoms with E-state index in [0.717, 1.165) is 0 Å². The monoisotopic (exact) mass is 327 g/mol. The van der Waals surface area contributed by atoms with E-state index in [0.29, 0.717) is 11.3 Å². The predicted octanol–water partition coefficient (Wildman–Crippen LogP) is -0.923. The molecular formula is C15H21NO7. The molecule has 0 saturated carbocycles. The first kappa shape index (κ1) is 17.6. The van der Waals surface area contributed by atoms with Crippen LogP contribution in [0.5, 0.6) is 0 Å². The molecule has 1 aliphatic rings. The van der Waals surface area contributed by atoms with E-state index < -0.39 is 43.2 Å². The van der Waals surface area contributed by atoms with E-state index in [2.05, 4.69) is 5.32 Å². The maximum atomic E-state index is 11.6. The van der Waals surface area contributed by atoms with Crippen molar-refractivity contribution in [1.29, 1.82) is 0 Å². The number of nitrogens with one attached hydrogen (secondary N) is 1. The Hall–Kier alpha value is -1.71. The number of ether oxygens (including phenoxy) is 2. The Kier molecular flexibility index (Phi) is 5.55. The van der Waals surface area contributed by atoms with Gasteiger partial charge >= 0.3 is 5.97 Å². The molecule has 4 atom stereocenters. The van der Waals surface area contributed by atoms with Crippen LogP contribution in [0.2, 0.25) is 0 Å². The van der Waals surface area contributed by atoms with Gasteiger partial charge in [-0.2, -0.15) is 0 Å². The summed E-state index contributed by atoms with van der Waals surface area (Å²) in [5, 5.41) is 41.4. The number of aliphatic hydroxyl groups is 4. The summed E-state index contributed by atoms with van der Waals surface area (Å²) in [5.41, 5.74) is -0.827. The molecule has 0 aliphatic carbocycles. The Bertz CT molecular complexity index is 535. The first-order chi connectivity index (χ1) is 11.0. The van der Waals surface area contributed by atoms with Crippen molar-refractivity contribution in [1.82, 2.24) is 0 Å². The van der Waals surface area contributed by atoms with Crippen LogP contribution in [0.25, 0.3) is 0 Å². The third-order valence-corrected chi connectivity index (χ3v) is 3.71. The highest BCUT2D eigenvalue weighted by molar-refractivity contribution is 5.89. The molecule has 4 unspecified atom stereocenters. The minimum absolute atomic E-state index is 0.271. The number of esters is 1. The predicted molar refractivity (Wildman–Crippen MR) is 79.8 cm³/mol. The Morgan fingerprint density at radius 3 is 2.43 bits per heavy atom. The van der Waals surface area contributed by atoms with Crippen LogP contribution in [0.1, 0.15) is 17.3 Å². The van der Waals surface area contributed by atoms with Crippen LogP contribution in [0.4, 0.5) is 5.69 Å². The molecule has 0 aromatic heterocycles. The van der Waals surface area contributed by atoms with Crippen molar-refractivity contribution >= 4 is 11.7 Å². The Morgan fingerprint density at radius 2 is 1.96 bits per heavy atom. The highest BCUT2D eigenvalue weighted by Gasteiger charge is 2.54. The summed E-state index contributed by atoms with van der Waals surface area (Å²) in [5.74, 6) is -0.455. The van der Waals surface area contributed by atoms with E-state index in [9.17, 15) is 20.1 Å². The first-order valence-corrected chi connectivity index (χ1v) is 7.28. The van der Waals surface area contributed by atoms with Crippen LogP contribution in [0.15, 0.2) is 24.3 Å². The summed E-state index contributed by atoms with van der Waals surface area (Å²) >= 11 is 0. The van der Waals surface area contributed by atoms with Crippen molar-refractivity contribution < 1.29 is 34.7 Å². The molecule has 1 fully saturated rings. The molecule has 128 valence electrons. The largest absolute Gasteiger partial charge is 0.462 e. The topological polar surface area (TPSA) is 128 Å². The van der Waals surface area contributed by atoms with Gasteiger partial charge in [-0.15, -0.1) is 0 Å². The molecule has 8 nitrogen and oxygen atoms in total. The number of carbonyl (C=O) groups excluding carboxylic acids is 1. The first-order valence-electron chi connectivity index (χ1n) is 7.28. The van der Waals surface area contributed by atoms with Crippen molar-refractivity contribution in [3.63, 3.8) is 0 Å². The van der Waals surface area contributed by atoms with Gasteiger partial charge in [0.1, 0.15) is 18.3 Å². The lowest BCUT2D eigenvalue weighted by Crippen LogP contribution is -2.52. The minimum Gasteiger partial charge on any atom is -0.462 e. The zero-order valence-electron chi connectivity index (χ0n) is 12.7. The van der Waals surface area contributed by atoms with Gasteiger partial charge < -0.3 is 35.2 Å². The van der Waals surface area contributed by atoms with Crippen LogP contribution in [-0.2, 0) is 9.47 Å². The smallest absolute Gasteiger partial charge is 0.338 e. The van der Waals surface area contributed by atoms with Crippen LogP contribution >= 0.6 is 0 Å². The summed E-state index contributed by atoms with van der Waals surface area (Å²) in [4.78, 5) is 11.6. The molecule has 0 bridgehead atoms. The van der Waals surface area contributed by atoms with Gasteiger partial charge in [-0.1, -0.05) is 0 Å². The highest BCUT2D eigenvalue weighted by atomic mass is 16.6. The van der Waals surface area contributed by atoms with E-state index in [1.807, 2.05) is 0 Å². The fourth-order valence-electron chi connectivity index (χ4n) is 2.46. The van der Waals surface area contributed by atoms with Gasteiger partial charge in [-0.05, 0) is 31.2 Å². The molecule has 5 N–H and O–H groups in total. The number of hydrogen-bond acceptors (Lipinski definition) is 8. The van der Waals surface area contributed by atoms with Crippen molar-refractivity contribution in [2.45, 2.75) is 31.0 Å². The van der Waals surface area contributed by atoms with Crippen LogP contribution < -0.4 is 5.32 Å². The van der Waals surface area contributed by atoms with Crippen LogP contribution in [-0.4, -0.2) is 70.3 Å².